The minimum Gasteiger partial charge on any atom is -0.480 e. The van der Waals surface area contributed by atoms with Crippen molar-refractivity contribution in [2.24, 2.45) is 0 Å². The molecule has 1 aliphatic rings. The van der Waals surface area contributed by atoms with Gasteiger partial charge in [0.05, 0.1) is 17.8 Å². The van der Waals surface area contributed by atoms with Crippen molar-refractivity contribution in [3.63, 3.8) is 0 Å². The van der Waals surface area contributed by atoms with Gasteiger partial charge in [-0.15, -0.1) is 0 Å². The zero-order valence-electron chi connectivity index (χ0n) is 22.2. The van der Waals surface area contributed by atoms with E-state index in [2.05, 4.69) is 15.7 Å². The number of alkyl carbamates (subject to hydrolysis) is 1. The number of hydrogen-bond donors (Lipinski definition) is 4. The highest BCUT2D eigenvalue weighted by molar-refractivity contribution is 5.84. The van der Waals surface area contributed by atoms with Crippen molar-refractivity contribution in [3.8, 4) is 0 Å². The number of carboxylic acids is 1. The van der Waals surface area contributed by atoms with Crippen LogP contribution in [0.3, 0.4) is 0 Å². The molecule has 1 aromatic heterocycles. The number of ether oxygens (including phenoxy) is 1. The molecule has 3 aromatic rings. The first-order chi connectivity index (χ1) is 18.2. The number of para-hydroxylation sites is 1. The fourth-order valence-electron chi connectivity index (χ4n) is 4.74. The van der Waals surface area contributed by atoms with E-state index in [9.17, 15) is 27.9 Å². The van der Waals surface area contributed by atoms with Crippen LogP contribution in [0.5, 0.6) is 0 Å². The van der Waals surface area contributed by atoms with E-state index in [0.29, 0.717) is 12.0 Å². The first kappa shape index (κ1) is 28.4. The smallest absolute Gasteiger partial charge is 0.416 e. The number of nitrogens with zero attached hydrogens (tertiary/aromatic N) is 1. The van der Waals surface area contributed by atoms with Gasteiger partial charge in [-0.1, -0.05) is 37.3 Å². The molecule has 210 valence electrons. The van der Waals surface area contributed by atoms with Gasteiger partial charge in [-0.3, -0.25) is 4.79 Å². The first-order valence-corrected chi connectivity index (χ1v) is 12.7. The summed E-state index contributed by atoms with van der Waals surface area (Å²) >= 11 is 0. The summed E-state index contributed by atoms with van der Waals surface area (Å²) in [5.74, 6) is -1.27. The van der Waals surface area contributed by atoms with Crippen LogP contribution in [0, 0.1) is 0 Å². The SMILES string of the molecule is CC(CC(NC(=O)OC(C)(C)C)NN1[C@H](Cc2c[nH]c3ccccc23)[C@@H]1C(=O)O)c1ccc(C(F)(F)F)cc1. The normalized spacial score (nSPS) is 20.8. The molecule has 2 aromatic carbocycles. The number of aromatic amines is 1. The van der Waals surface area contributed by atoms with Crippen molar-refractivity contribution in [1.29, 1.82) is 0 Å². The Bertz CT molecular complexity index is 1320. The highest BCUT2D eigenvalue weighted by Gasteiger charge is 2.54. The maximum Gasteiger partial charge on any atom is 0.416 e. The number of rotatable bonds is 9. The second-order valence-electron chi connectivity index (χ2n) is 10.9. The third kappa shape index (κ3) is 7.10. The lowest BCUT2D eigenvalue weighted by molar-refractivity contribution is -0.138. The second-order valence-corrected chi connectivity index (χ2v) is 10.9. The van der Waals surface area contributed by atoms with Crippen molar-refractivity contribution in [2.45, 2.75) is 76.5 Å². The third-order valence-electron chi connectivity index (χ3n) is 6.68. The van der Waals surface area contributed by atoms with Crippen LogP contribution in [-0.4, -0.2) is 51.0 Å². The van der Waals surface area contributed by atoms with Crippen molar-refractivity contribution in [2.75, 3.05) is 0 Å². The van der Waals surface area contributed by atoms with E-state index in [0.717, 1.165) is 28.6 Å². The molecule has 1 aliphatic heterocycles. The van der Waals surface area contributed by atoms with E-state index in [1.54, 1.807) is 25.8 Å². The van der Waals surface area contributed by atoms with Crippen LogP contribution >= 0.6 is 0 Å². The molecule has 8 nitrogen and oxygen atoms in total. The van der Waals surface area contributed by atoms with Gasteiger partial charge in [0.2, 0.25) is 0 Å². The van der Waals surface area contributed by atoms with E-state index in [4.69, 9.17) is 4.74 Å². The molecule has 1 fully saturated rings. The number of hydrogen-bond acceptors (Lipinski definition) is 5. The average molecular weight is 547 g/mol. The number of H-pyrrole nitrogens is 1. The summed E-state index contributed by atoms with van der Waals surface area (Å²) in [5, 5.41) is 15.2. The lowest BCUT2D eigenvalue weighted by Gasteiger charge is -2.27. The first-order valence-electron chi connectivity index (χ1n) is 12.7. The van der Waals surface area contributed by atoms with E-state index in [1.807, 2.05) is 37.4 Å². The minimum atomic E-state index is -4.44. The fourth-order valence-corrected chi connectivity index (χ4v) is 4.74. The molecule has 1 saturated heterocycles. The summed E-state index contributed by atoms with van der Waals surface area (Å²) in [6, 6.07) is 11.4. The highest BCUT2D eigenvalue weighted by Crippen LogP contribution is 2.34. The van der Waals surface area contributed by atoms with Gasteiger partial charge in [0.1, 0.15) is 11.6 Å². The summed E-state index contributed by atoms with van der Waals surface area (Å²) in [7, 11) is 0. The predicted molar refractivity (Wildman–Crippen MR) is 140 cm³/mol. The Hall–Kier alpha value is -3.57. The Morgan fingerprint density at radius 2 is 1.77 bits per heavy atom. The number of amides is 1. The maximum absolute atomic E-state index is 13.0. The zero-order valence-corrected chi connectivity index (χ0v) is 22.2. The number of aromatic nitrogens is 1. The maximum atomic E-state index is 13.0. The van der Waals surface area contributed by atoms with Crippen LogP contribution in [-0.2, 0) is 22.1 Å². The molecular weight excluding hydrogens is 513 g/mol. The van der Waals surface area contributed by atoms with Gasteiger partial charge in [0.15, 0.2) is 0 Å². The molecule has 4 rings (SSSR count). The molecule has 0 radical (unpaired) electrons. The van der Waals surface area contributed by atoms with E-state index in [1.165, 1.54) is 12.1 Å². The summed E-state index contributed by atoms with van der Waals surface area (Å²) in [6.07, 6.45) is -3.28. The summed E-state index contributed by atoms with van der Waals surface area (Å²) in [4.78, 5) is 27.8. The third-order valence-corrected chi connectivity index (χ3v) is 6.68. The van der Waals surface area contributed by atoms with Crippen LogP contribution in [0.1, 0.15) is 56.7 Å². The topological polar surface area (TPSA) is 106 Å². The van der Waals surface area contributed by atoms with Crippen molar-refractivity contribution < 1.29 is 32.6 Å². The molecule has 0 saturated carbocycles. The molecule has 0 spiro atoms. The minimum absolute atomic E-state index is 0.269. The van der Waals surface area contributed by atoms with Gasteiger partial charge in [0, 0.05) is 17.1 Å². The average Bonchev–Trinajstić information content (AvgIpc) is 3.34. The van der Waals surface area contributed by atoms with Crippen molar-refractivity contribution in [1.82, 2.24) is 20.7 Å². The molecule has 2 heterocycles. The number of carbonyl (C=O) groups is 2. The van der Waals surface area contributed by atoms with Gasteiger partial charge in [-0.25, -0.2) is 15.2 Å². The van der Waals surface area contributed by atoms with Gasteiger partial charge < -0.3 is 20.1 Å². The van der Waals surface area contributed by atoms with E-state index >= 15 is 0 Å². The molecule has 5 atom stereocenters. The quantitative estimate of drug-likeness (QED) is 0.211. The van der Waals surface area contributed by atoms with Gasteiger partial charge in [-0.2, -0.15) is 13.2 Å². The predicted octanol–water partition coefficient (Wildman–Crippen LogP) is 5.42. The van der Waals surface area contributed by atoms with Crippen LogP contribution in [0.25, 0.3) is 10.9 Å². The zero-order chi connectivity index (χ0) is 28.5. The number of fused-ring (bicyclic) bond motifs is 1. The lowest BCUT2D eigenvalue weighted by Crippen LogP contribution is -2.50. The Labute approximate surface area is 224 Å². The lowest BCUT2D eigenvalue weighted by atomic mass is 9.95. The molecular formula is C28H33F3N4O4. The number of carboxylic acid groups (broad SMARTS) is 1. The Balaban J connectivity index is 1.50. The van der Waals surface area contributed by atoms with Gasteiger partial charge >= 0.3 is 18.2 Å². The molecule has 1 amide bonds. The number of alkyl halides is 3. The van der Waals surface area contributed by atoms with Crippen LogP contribution in [0.2, 0.25) is 0 Å². The fraction of sp³-hybridized carbons (Fsp3) is 0.429. The number of aliphatic carboxylic acids is 1. The number of benzene rings is 2. The molecule has 4 N–H and O–H groups in total. The highest BCUT2D eigenvalue weighted by atomic mass is 19.4. The number of carbonyl (C=O) groups excluding carboxylic acids is 1. The summed E-state index contributed by atoms with van der Waals surface area (Å²) in [5.41, 5.74) is 4.22. The van der Waals surface area contributed by atoms with Crippen LogP contribution in [0.4, 0.5) is 18.0 Å². The number of halogens is 3. The van der Waals surface area contributed by atoms with Gasteiger partial charge in [-0.05, 0) is 68.9 Å². The van der Waals surface area contributed by atoms with Crippen molar-refractivity contribution >= 4 is 23.0 Å². The van der Waals surface area contributed by atoms with Crippen molar-refractivity contribution in [3.05, 3.63) is 71.4 Å². The van der Waals surface area contributed by atoms with E-state index < -0.39 is 41.6 Å². The van der Waals surface area contributed by atoms with Crippen LogP contribution < -0.4 is 10.7 Å². The standard InChI is InChI=1S/C28H33F3N4O4/c1-16(17-9-11-19(12-10-17)28(29,30)31)13-23(33-26(38)39-27(2,3)4)34-35-22(24(35)25(36)37)14-18-15-32-21-8-6-5-7-20(18)21/h5-12,15-16,22-24,32,34H,13-14H2,1-4H3,(H,33,38)(H,36,37)/t16?,22-,23?,24-,35?/m1/s1. The summed E-state index contributed by atoms with van der Waals surface area (Å²) < 4.78 is 44.4. The van der Waals surface area contributed by atoms with Gasteiger partial charge in [0.25, 0.3) is 0 Å². The Morgan fingerprint density at radius 1 is 1.10 bits per heavy atom. The Kier molecular flexibility index (Phi) is 7.94. The number of hydrazine groups is 1. The second kappa shape index (κ2) is 10.9. The monoisotopic (exact) mass is 546 g/mol. The molecule has 39 heavy (non-hydrogen) atoms. The van der Waals surface area contributed by atoms with E-state index in [-0.39, 0.29) is 18.4 Å². The molecule has 0 bridgehead atoms. The van der Waals surface area contributed by atoms with Crippen LogP contribution in [0.15, 0.2) is 54.7 Å². The Morgan fingerprint density at radius 3 is 2.38 bits per heavy atom. The largest absolute Gasteiger partial charge is 0.480 e. The molecule has 11 heteroatoms. The molecule has 3 unspecified atom stereocenters. The summed E-state index contributed by atoms with van der Waals surface area (Å²) in [6.45, 7) is 7.00. The molecule has 0 aliphatic carbocycles. The number of nitrogens with one attached hydrogen (secondary N) is 3.